The van der Waals surface area contributed by atoms with Gasteiger partial charge >= 0.3 is 0 Å². The van der Waals surface area contributed by atoms with Crippen LogP contribution in [0.4, 0.5) is 0 Å². The molecule has 0 spiro atoms. The molecule has 0 radical (unpaired) electrons. The van der Waals surface area contributed by atoms with Gasteiger partial charge < -0.3 is 14.2 Å². The first-order chi connectivity index (χ1) is 11.8. The largest absolute Gasteiger partial charge is 0.451 e. The lowest BCUT2D eigenvalue weighted by Crippen LogP contribution is -2.35. The van der Waals surface area contributed by atoms with Gasteiger partial charge in [-0.3, -0.25) is 9.48 Å². The number of para-hydroxylation sites is 1. The Morgan fingerprint density at radius 2 is 2.00 bits per heavy atom. The normalized spacial score (nSPS) is 13.9. The lowest BCUT2D eigenvalue weighted by Gasteiger charge is -2.14. The van der Waals surface area contributed by atoms with Crippen molar-refractivity contribution in [2.24, 2.45) is 0 Å². The maximum absolute atomic E-state index is 12.1. The molecule has 1 N–H and O–H groups in total. The van der Waals surface area contributed by atoms with E-state index in [4.69, 9.17) is 8.83 Å². The molecular formula is C16H11N5O3. The molecule has 0 bridgehead atoms. The lowest BCUT2D eigenvalue weighted by atomic mass is 10.2. The number of carbonyl (C=O) groups excluding carboxylic acids is 1. The van der Waals surface area contributed by atoms with Gasteiger partial charge in [0.25, 0.3) is 17.7 Å². The number of benzene rings is 1. The lowest BCUT2D eigenvalue weighted by molar-refractivity contribution is 0.0925. The Morgan fingerprint density at radius 3 is 2.92 bits per heavy atom. The molecule has 1 aliphatic heterocycles. The molecule has 24 heavy (non-hydrogen) atoms. The van der Waals surface area contributed by atoms with E-state index in [9.17, 15) is 4.79 Å². The first-order valence-electron chi connectivity index (χ1n) is 7.46. The van der Waals surface area contributed by atoms with E-state index in [2.05, 4.69) is 20.6 Å². The van der Waals surface area contributed by atoms with Crippen molar-refractivity contribution in [1.82, 2.24) is 25.3 Å². The second-order valence-electron chi connectivity index (χ2n) is 5.45. The molecule has 5 rings (SSSR count). The fourth-order valence-corrected chi connectivity index (χ4v) is 2.83. The molecule has 8 nitrogen and oxygen atoms in total. The van der Waals surface area contributed by atoms with Crippen molar-refractivity contribution in [2.75, 3.05) is 6.54 Å². The molecule has 4 heterocycles. The molecule has 8 heteroatoms. The Morgan fingerprint density at radius 1 is 1.12 bits per heavy atom. The van der Waals surface area contributed by atoms with Gasteiger partial charge in [0.05, 0.1) is 18.3 Å². The first kappa shape index (κ1) is 13.1. The topological polar surface area (TPSA) is 99.0 Å². The second-order valence-corrected chi connectivity index (χ2v) is 5.45. The summed E-state index contributed by atoms with van der Waals surface area (Å²) in [6.45, 7) is 1.17. The Hall–Kier alpha value is -3.42. The monoisotopic (exact) mass is 321 g/mol. The summed E-state index contributed by atoms with van der Waals surface area (Å²) < 4.78 is 13.1. The molecular weight excluding hydrogens is 310 g/mol. The summed E-state index contributed by atoms with van der Waals surface area (Å²) in [5.74, 6) is 0.791. The van der Waals surface area contributed by atoms with E-state index in [1.165, 1.54) is 0 Å². The van der Waals surface area contributed by atoms with Crippen LogP contribution >= 0.6 is 0 Å². The second kappa shape index (κ2) is 4.79. The molecule has 3 aromatic heterocycles. The number of nitrogens with one attached hydrogen (secondary N) is 1. The SMILES string of the molecule is O=C1NCCn2ncc(-c3nnc(-c4cc5ccccc5o4)o3)c21. The van der Waals surface area contributed by atoms with Crippen LogP contribution in [0, 0.1) is 0 Å². The zero-order valence-corrected chi connectivity index (χ0v) is 12.4. The zero-order valence-electron chi connectivity index (χ0n) is 12.4. The van der Waals surface area contributed by atoms with Gasteiger partial charge in [-0.15, -0.1) is 10.2 Å². The third kappa shape index (κ3) is 1.86. The van der Waals surface area contributed by atoms with Crippen LogP contribution in [-0.4, -0.2) is 32.4 Å². The predicted octanol–water partition coefficient (Wildman–Crippen LogP) is 2.09. The number of furan rings is 1. The summed E-state index contributed by atoms with van der Waals surface area (Å²) in [5, 5.41) is 16.0. The average Bonchev–Trinajstić information content (AvgIpc) is 3.31. The van der Waals surface area contributed by atoms with Crippen molar-refractivity contribution in [3.63, 3.8) is 0 Å². The average molecular weight is 321 g/mol. The maximum Gasteiger partial charge on any atom is 0.283 e. The van der Waals surface area contributed by atoms with E-state index in [1.807, 2.05) is 30.3 Å². The number of hydrogen-bond donors (Lipinski definition) is 1. The van der Waals surface area contributed by atoms with Gasteiger partial charge in [0.1, 0.15) is 11.3 Å². The molecule has 1 aromatic carbocycles. The highest BCUT2D eigenvalue weighted by Gasteiger charge is 2.26. The predicted molar refractivity (Wildman–Crippen MR) is 83.1 cm³/mol. The van der Waals surface area contributed by atoms with Crippen LogP contribution in [0.15, 0.2) is 45.4 Å². The fourth-order valence-electron chi connectivity index (χ4n) is 2.83. The Balaban J connectivity index is 1.58. The molecule has 0 saturated carbocycles. The summed E-state index contributed by atoms with van der Waals surface area (Å²) in [7, 11) is 0. The number of hydrogen-bond acceptors (Lipinski definition) is 6. The maximum atomic E-state index is 12.1. The molecule has 0 fully saturated rings. The Kier molecular flexibility index (Phi) is 2.60. The van der Waals surface area contributed by atoms with Crippen LogP contribution in [0.2, 0.25) is 0 Å². The standard InChI is InChI=1S/C16H11N5O3/c22-14-13-10(8-18-21(13)6-5-17-14)15-19-20-16(24-15)12-7-9-3-1-2-4-11(9)23-12/h1-4,7-8H,5-6H2,(H,17,22). The minimum Gasteiger partial charge on any atom is -0.451 e. The highest BCUT2D eigenvalue weighted by atomic mass is 16.4. The van der Waals surface area contributed by atoms with Crippen molar-refractivity contribution < 1.29 is 13.6 Å². The number of fused-ring (bicyclic) bond motifs is 2. The summed E-state index contributed by atoms with van der Waals surface area (Å²) in [6.07, 6.45) is 1.57. The zero-order chi connectivity index (χ0) is 16.1. The van der Waals surface area contributed by atoms with Gasteiger partial charge in [-0.25, -0.2) is 0 Å². The number of amides is 1. The van der Waals surface area contributed by atoms with Gasteiger partial charge in [-0.2, -0.15) is 5.10 Å². The van der Waals surface area contributed by atoms with E-state index in [1.54, 1.807) is 10.9 Å². The van der Waals surface area contributed by atoms with Gasteiger partial charge in [-0.05, 0) is 12.1 Å². The van der Waals surface area contributed by atoms with Crippen LogP contribution in [0.5, 0.6) is 0 Å². The van der Waals surface area contributed by atoms with Crippen molar-refractivity contribution in [3.8, 4) is 23.1 Å². The van der Waals surface area contributed by atoms with Crippen LogP contribution in [0.3, 0.4) is 0 Å². The van der Waals surface area contributed by atoms with Crippen molar-refractivity contribution in [2.45, 2.75) is 6.54 Å². The Bertz CT molecular complexity index is 1040. The van der Waals surface area contributed by atoms with Gasteiger partial charge in [0, 0.05) is 11.9 Å². The molecule has 0 aliphatic carbocycles. The molecule has 118 valence electrons. The summed E-state index contributed by atoms with van der Waals surface area (Å²) >= 11 is 0. The van der Waals surface area contributed by atoms with Crippen molar-refractivity contribution >= 4 is 16.9 Å². The summed E-state index contributed by atoms with van der Waals surface area (Å²) in [6, 6.07) is 9.48. The van der Waals surface area contributed by atoms with E-state index < -0.39 is 0 Å². The first-order valence-corrected chi connectivity index (χ1v) is 7.46. The quantitative estimate of drug-likeness (QED) is 0.607. The van der Waals surface area contributed by atoms with Crippen LogP contribution < -0.4 is 5.32 Å². The van der Waals surface area contributed by atoms with E-state index in [-0.39, 0.29) is 17.7 Å². The molecule has 0 atom stereocenters. The van der Waals surface area contributed by atoms with Crippen molar-refractivity contribution in [3.05, 3.63) is 42.2 Å². The van der Waals surface area contributed by atoms with E-state index >= 15 is 0 Å². The van der Waals surface area contributed by atoms with Gasteiger partial charge in [0.2, 0.25) is 0 Å². The van der Waals surface area contributed by atoms with Gasteiger partial charge in [0.15, 0.2) is 5.76 Å². The van der Waals surface area contributed by atoms with Crippen LogP contribution in [-0.2, 0) is 6.54 Å². The Labute approximate surface area is 135 Å². The molecule has 1 amide bonds. The number of nitrogens with zero attached hydrogens (tertiary/aromatic N) is 4. The minimum absolute atomic E-state index is 0.197. The van der Waals surface area contributed by atoms with E-state index in [0.29, 0.717) is 30.1 Å². The third-order valence-electron chi connectivity index (χ3n) is 3.96. The molecule has 0 saturated heterocycles. The summed E-state index contributed by atoms with van der Waals surface area (Å²) in [4.78, 5) is 12.1. The minimum atomic E-state index is -0.197. The molecule has 4 aromatic rings. The molecule has 1 aliphatic rings. The van der Waals surface area contributed by atoms with Crippen LogP contribution in [0.1, 0.15) is 10.5 Å². The third-order valence-corrected chi connectivity index (χ3v) is 3.96. The van der Waals surface area contributed by atoms with Crippen LogP contribution in [0.25, 0.3) is 34.1 Å². The van der Waals surface area contributed by atoms with E-state index in [0.717, 1.165) is 11.0 Å². The highest BCUT2D eigenvalue weighted by Crippen LogP contribution is 2.30. The fraction of sp³-hybridized carbons (Fsp3) is 0.125. The number of aromatic nitrogens is 4. The summed E-state index contributed by atoms with van der Waals surface area (Å²) in [5.41, 5.74) is 1.69. The smallest absolute Gasteiger partial charge is 0.283 e. The number of carbonyl (C=O) groups is 1. The van der Waals surface area contributed by atoms with Gasteiger partial charge in [-0.1, -0.05) is 18.2 Å². The molecule has 0 unspecified atom stereocenters. The highest BCUT2D eigenvalue weighted by molar-refractivity contribution is 5.98. The van der Waals surface area contributed by atoms with Crippen molar-refractivity contribution in [1.29, 1.82) is 0 Å². The number of rotatable bonds is 2.